The van der Waals surface area contributed by atoms with Gasteiger partial charge in [-0.2, -0.15) is 0 Å². The zero-order chi connectivity index (χ0) is 66.3. The number of carbonyl (C=O) groups is 2. The molecule has 514 valence electrons. The first kappa shape index (κ1) is 75.9. The van der Waals surface area contributed by atoms with Crippen LogP contribution in [0.5, 0.6) is 0 Å². The first-order chi connectivity index (χ1) is 46.1. The molecule has 2 unspecified atom stereocenters. The molecular weight excluding hydrogens is 1260 g/mol. The lowest BCUT2D eigenvalue weighted by Gasteiger charge is -2.27. The maximum atomic E-state index is 15.6. The van der Waals surface area contributed by atoms with Crippen LogP contribution in [0.25, 0.3) is 51.2 Å². The molecule has 0 bridgehead atoms. The monoisotopic (exact) mass is 1380 g/mol. The summed E-state index contributed by atoms with van der Waals surface area (Å²) in [5, 5.41) is 0. The number of hydrogen-bond acceptors (Lipinski definition) is 8. The second-order valence-corrected chi connectivity index (χ2v) is 34.7. The van der Waals surface area contributed by atoms with Crippen molar-refractivity contribution in [1.29, 1.82) is 0 Å². The van der Waals surface area contributed by atoms with Gasteiger partial charge in [-0.1, -0.05) is 234 Å². The van der Waals surface area contributed by atoms with Crippen LogP contribution in [0.15, 0.2) is 95.4 Å². The second-order valence-electron chi connectivity index (χ2n) is 27.8. The van der Waals surface area contributed by atoms with E-state index in [1.165, 1.54) is 241 Å². The highest BCUT2D eigenvalue weighted by atomic mass is 32.1. The Hall–Kier alpha value is -3.90. The number of fused-ring (bicyclic) bond motifs is 1. The van der Waals surface area contributed by atoms with Crippen LogP contribution in [-0.2, 0) is 22.4 Å². The molecule has 0 fully saturated rings. The van der Waals surface area contributed by atoms with Crippen LogP contribution >= 0.6 is 68.0 Å². The Kier molecular flexibility index (Phi) is 34.0. The Labute approximate surface area is 596 Å². The molecule has 4 nitrogen and oxygen atoms in total. The molecule has 0 spiro atoms. The van der Waals surface area contributed by atoms with Crippen molar-refractivity contribution in [3.63, 3.8) is 0 Å². The molecule has 6 aromatic rings. The topological polar surface area (TPSA) is 40.6 Å². The van der Waals surface area contributed by atoms with Crippen LogP contribution in [0, 0.1) is 25.7 Å². The van der Waals surface area contributed by atoms with Gasteiger partial charge in [-0.15, -0.1) is 68.0 Å². The number of unbranched alkanes of at least 4 members (excludes halogenated alkanes) is 26. The summed E-state index contributed by atoms with van der Waals surface area (Å²) in [7, 11) is 0. The van der Waals surface area contributed by atoms with Gasteiger partial charge in [0.05, 0.1) is 22.5 Å². The van der Waals surface area contributed by atoms with Crippen molar-refractivity contribution >= 4 is 92.0 Å². The van der Waals surface area contributed by atoms with E-state index < -0.39 is 0 Å². The summed E-state index contributed by atoms with van der Waals surface area (Å²) in [6.45, 7) is 19.5. The highest BCUT2D eigenvalue weighted by Gasteiger charge is 2.47. The first-order valence-corrected chi connectivity index (χ1v) is 43.1. The van der Waals surface area contributed by atoms with Crippen molar-refractivity contribution in [3.05, 3.63) is 126 Å². The molecule has 94 heavy (non-hydrogen) atoms. The predicted octanol–water partition coefficient (Wildman–Crippen LogP) is 28.7. The lowest BCUT2D eigenvalue weighted by Crippen LogP contribution is -2.32. The number of rotatable bonds is 50. The van der Waals surface area contributed by atoms with Crippen LogP contribution in [-0.4, -0.2) is 34.7 Å². The van der Waals surface area contributed by atoms with E-state index >= 15 is 9.59 Å². The van der Waals surface area contributed by atoms with E-state index in [4.69, 9.17) is 0 Å². The molecule has 6 aromatic heterocycles. The molecule has 0 saturated carbocycles. The maximum absolute atomic E-state index is 15.6. The van der Waals surface area contributed by atoms with E-state index in [9.17, 15) is 0 Å². The predicted molar refractivity (Wildman–Crippen MR) is 422 cm³/mol. The Morgan fingerprint density at radius 1 is 0.330 bits per heavy atom. The molecule has 2 aliphatic heterocycles. The van der Waals surface area contributed by atoms with Crippen molar-refractivity contribution in [2.45, 2.75) is 299 Å². The van der Waals surface area contributed by atoms with Crippen LogP contribution < -0.4 is 0 Å². The van der Waals surface area contributed by atoms with Crippen LogP contribution in [0.1, 0.15) is 303 Å². The van der Waals surface area contributed by atoms with Crippen molar-refractivity contribution in [2.24, 2.45) is 11.8 Å². The zero-order valence-electron chi connectivity index (χ0n) is 59.7. The van der Waals surface area contributed by atoms with Crippen LogP contribution in [0.4, 0.5) is 0 Å². The van der Waals surface area contributed by atoms with Crippen molar-refractivity contribution in [2.75, 3.05) is 13.1 Å². The Balaban J connectivity index is 1.07. The summed E-state index contributed by atoms with van der Waals surface area (Å²) in [6, 6.07) is 23.5. The molecule has 8 rings (SSSR count). The second kappa shape index (κ2) is 42.1. The third-order valence-corrected chi connectivity index (χ3v) is 26.9. The number of amides is 2. The van der Waals surface area contributed by atoms with E-state index in [0.29, 0.717) is 36.1 Å². The smallest absolute Gasteiger partial charge is 0.260 e. The third-order valence-electron chi connectivity index (χ3n) is 19.7. The fourth-order valence-corrected chi connectivity index (χ4v) is 20.6. The van der Waals surface area contributed by atoms with E-state index in [2.05, 4.69) is 150 Å². The Morgan fingerprint density at radius 3 is 1.14 bits per heavy atom. The summed E-state index contributed by atoms with van der Waals surface area (Å²) >= 11 is 11.5. The van der Waals surface area contributed by atoms with Gasteiger partial charge in [-0.3, -0.25) is 9.59 Å². The fourth-order valence-electron chi connectivity index (χ4n) is 14.2. The van der Waals surface area contributed by atoms with E-state index in [0.717, 1.165) is 78.9 Å². The first-order valence-electron chi connectivity index (χ1n) is 38.2. The van der Waals surface area contributed by atoms with Gasteiger partial charge in [0.2, 0.25) is 0 Å². The van der Waals surface area contributed by atoms with Gasteiger partial charge in [0, 0.05) is 71.6 Å². The number of aryl methyl sites for hydroxylation is 4. The molecule has 0 saturated heterocycles. The Morgan fingerprint density at radius 2 is 0.691 bits per heavy atom. The number of thiophene rings is 6. The molecule has 2 atom stereocenters. The SMILES string of the molecule is CCCCCCCCCCCCc1cc(C)sc1-c1ccc(-c2ccc(-c3sc(-c4ccc(/C=C/C5=C6C(=C(/C=C/c7ccc(C)s7)C(=O)N6CC(CCCC)CCCCCC)N(CC(CCCC)CCCCCC)C5=O)s4)cc3CCCCCCCCCCCC)s2)s1. The molecule has 2 aliphatic rings. The van der Waals surface area contributed by atoms with Gasteiger partial charge in [0.15, 0.2) is 0 Å². The van der Waals surface area contributed by atoms with E-state index in [-0.39, 0.29) is 11.8 Å². The Bertz CT molecular complexity index is 3300. The van der Waals surface area contributed by atoms with Gasteiger partial charge >= 0.3 is 0 Å². The minimum atomic E-state index is 0.0519. The van der Waals surface area contributed by atoms with Gasteiger partial charge in [-0.05, 0) is 173 Å². The summed E-state index contributed by atoms with van der Waals surface area (Å²) in [5.41, 5.74) is 6.07. The normalized spacial score (nSPS) is 14.3. The minimum Gasteiger partial charge on any atom is -0.305 e. The fraction of sp³-hybridized carbons (Fsp3) is 0.595. The van der Waals surface area contributed by atoms with Crippen molar-refractivity contribution in [3.8, 4) is 39.0 Å². The van der Waals surface area contributed by atoms with Crippen molar-refractivity contribution in [1.82, 2.24) is 9.80 Å². The molecule has 0 radical (unpaired) electrons. The summed E-state index contributed by atoms with van der Waals surface area (Å²) in [4.78, 5) is 51.1. The quantitative estimate of drug-likeness (QED) is 0.0357. The summed E-state index contributed by atoms with van der Waals surface area (Å²) < 4.78 is 0. The number of hydrogen-bond donors (Lipinski definition) is 0. The standard InChI is InChI=1S/C84H120N2O2S6/c1-9-15-21-25-27-29-31-33-35-39-45-67-59-64(8)90-81(67)76-57-55-73(92-76)74-56-58-77(93-74)82-68(46-40-36-34-32-30-28-26-22-16-10-2)60-78(94-82)75-54-51-70(91-75)50-53-72-80-79(85(84(72)88)61-65(41-19-13-5)43-37-23-17-11-3)71(52-49-69-48-47-63(7)89-69)83(87)86(80)62-66(42-20-14-6)44-38-24-18-12-4/h47-60,65-66H,9-46,61-62H2,1-8H3/b52-49+,53-50+. The molecule has 0 aromatic carbocycles. The molecule has 0 aliphatic carbocycles. The maximum Gasteiger partial charge on any atom is 0.260 e. The minimum absolute atomic E-state index is 0.0519. The molecule has 8 heterocycles. The van der Waals surface area contributed by atoms with E-state index in [1.807, 2.05) is 56.7 Å². The molecule has 2 amide bonds. The van der Waals surface area contributed by atoms with E-state index in [1.54, 1.807) is 16.9 Å². The lowest BCUT2D eigenvalue weighted by atomic mass is 9.94. The van der Waals surface area contributed by atoms with Crippen molar-refractivity contribution < 1.29 is 9.59 Å². The van der Waals surface area contributed by atoms with Gasteiger partial charge in [0.25, 0.3) is 11.8 Å². The lowest BCUT2D eigenvalue weighted by molar-refractivity contribution is -0.125. The molecule has 10 heteroatoms. The van der Waals surface area contributed by atoms with Crippen LogP contribution in [0.3, 0.4) is 0 Å². The van der Waals surface area contributed by atoms with Gasteiger partial charge in [0.1, 0.15) is 0 Å². The van der Waals surface area contributed by atoms with Gasteiger partial charge in [-0.25, -0.2) is 0 Å². The average molecular weight is 1380 g/mol. The van der Waals surface area contributed by atoms with Crippen LogP contribution in [0.2, 0.25) is 0 Å². The number of carbonyl (C=O) groups excluding carboxylic acids is 2. The third kappa shape index (κ3) is 23.1. The highest BCUT2D eigenvalue weighted by Crippen LogP contribution is 2.49. The summed E-state index contributed by atoms with van der Waals surface area (Å²) in [6.07, 6.45) is 56.5. The zero-order valence-corrected chi connectivity index (χ0v) is 64.6. The number of nitrogens with zero attached hydrogens (tertiary/aromatic N) is 2. The average Bonchev–Trinajstić information content (AvgIpc) is 1.57. The molecular formula is C84H120N2O2S6. The highest BCUT2D eigenvalue weighted by molar-refractivity contribution is 7.30. The molecule has 0 N–H and O–H groups in total. The van der Waals surface area contributed by atoms with Gasteiger partial charge < -0.3 is 9.80 Å². The largest absolute Gasteiger partial charge is 0.305 e. The summed E-state index contributed by atoms with van der Waals surface area (Å²) in [5.74, 6) is 0.847.